The number of phenolic OH excluding ortho intramolecular Hbond substituents is 1. The summed E-state index contributed by atoms with van der Waals surface area (Å²) >= 11 is 6.85. The van der Waals surface area contributed by atoms with Crippen molar-refractivity contribution in [2.45, 2.75) is 45.7 Å². The van der Waals surface area contributed by atoms with Crippen molar-refractivity contribution in [3.63, 3.8) is 0 Å². The van der Waals surface area contributed by atoms with Gasteiger partial charge < -0.3 is 24.7 Å². The van der Waals surface area contributed by atoms with Crippen LogP contribution in [0.5, 0.6) is 5.75 Å². The number of hydrogen-bond acceptors (Lipinski definition) is 7. The van der Waals surface area contributed by atoms with Crippen LogP contribution in [0.1, 0.15) is 37.9 Å². The van der Waals surface area contributed by atoms with Crippen LogP contribution < -0.4 is 15.4 Å². The van der Waals surface area contributed by atoms with Crippen LogP contribution in [0.2, 0.25) is 5.02 Å². The Hall–Kier alpha value is -4.81. The summed E-state index contributed by atoms with van der Waals surface area (Å²) in [6.45, 7) is 11.7. The lowest BCUT2D eigenvalue weighted by molar-refractivity contribution is -0.130. The number of halogens is 3. The maximum absolute atomic E-state index is 17.6. The van der Waals surface area contributed by atoms with Crippen LogP contribution in [-0.4, -0.2) is 88.6 Å². The molecule has 1 N–H and O–H groups in total. The largest absolute Gasteiger partial charge is 0.507 e. The number of nitrogens with zero attached hydrogens (tertiary/aromatic N) is 6. The number of anilines is 2. The van der Waals surface area contributed by atoms with E-state index in [4.69, 9.17) is 11.6 Å². The van der Waals surface area contributed by atoms with E-state index in [1.54, 1.807) is 29.0 Å². The van der Waals surface area contributed by atoms with Crippen LogP contribution in [-0.2, 0) is 9.59 Å². The summed E-state index contributed by atoms with van der Waals surface area (Å²) in [6.07, 6.45) is 2.81. The molecule has 13 heteroatoms. The number of hydrogen-bond donors (Lipinski definition) is 1. The minimum atomic E-state index is -1.03. The Kier molecular flexibility index (Phi) is 9.21. The van der Waals surface area contributed by atoms with E-state index >= 15 is 13.6 Å². The summed E-state index contributed by atoms with van der Waals surface area (Å²) in [5.41, 5.74) is -0.0208. The van der Waals surface area contributed by atoms with Gasteiger partial charge in [0.1, 0.15) is 23.3 Å². The van der Waals surface area contributed by atoms with Crippen LogP contribution in [0.25, 0.3) is 27.7 Å². The lowest BCUT2D eigenvalue weighted by Crippen LogP contribution is -2.67. The van der Waals surface area contributed by atoms with Crippen LogP contribution in [0.15, 0.2) is 54.0 Å². The second-order valence-corrected chi connectivity index (χ2v) is 13.8. The Morgan fingerprint density at radius 1 is 1.14 bits per heavy atom. The number of rotatable bonds is 7. The number of benzene rings is 2. The molecule has 0 aliphatic carbocycles. The Balaban J connectivity index is 1.81. The maximum atomic E-state index is 17.6. The zero-order valence-corrected chi connectivity index (χ0v) is 29.6. The van der Waals surface area contributed by atoms with E-state index in [1.165, 1.54) is 33.7 Å². The first kappa shape index (κ1) is 35.0. The van der Waals surface area contributed by atoms with Crippen molar-refractivity contribution >= 4 is 45.7 Å². The van der Waals surface area contributed by atoms with Crippen molar-refractivity contribution < 1.29 is 23.5 Å². The number of likely N-dealkylation sites (N-methyl/N-ethyl adjacent to an activating group) is 1. The second-order valence-electron chi connectivity index (χ2n) is 13.4. The van der Waals surface area contributed by atoms with Crippen LogP contribution in [0.4, 0.5) is 20.2 Å². The van der Waals surface area contributed by atoms with Gasteiger partial charge in [-0.2, -0.15) is 0 Å². The molecule has 2 atom stereocenters. The van der Waals surface area contributed by atoms with Gasteiger partial charge in [-0.05, 0) is 69.8 Å². The molecule has 2 amide bonds. The second kappa shape index (κ2) is 13.1. The lowest BCUT2D eigenvalue weighted by Gasteiger charge is -2.50. The highest BCUT2D eigenvalue weighted by molar-refractivity contribution is 6.35. The van der Waals surface area contributed by atoms with Crippen molar-refractivity contribution in [2.75, 3.05) is 50.1 Å². The maximum Gasteiger partial charge on any atom is 0.281 e. The van der Waals surface area contributed by atoms with E-state index < -0.39 is 46.2 Å². The van der Waals surface area contributed by atoms with Gasteiger partial charge in [-0.15, -0.1) is 0 Å². The van der Waals surface area contributed by atoms with Gasteiger partial charge >= 0.3 is 0 Å². The molecule has 0 bridgehead atoms. The quantitative estimate of drug-likeness (QED) is 0.249. The number of amides is 2. The van der Waals surface area contributed by atoms with Gasteiger partial charge in [0.05, 0.1) is 39.7 Å². The molecule has 2 aliphatic rings. The highest BCUT2D eigenvalue weighted by atomic mass is 35.5. The van der Waals surface area contributed by atoms with Gasteiger partial charge in [0, 0.05) is 42.8 Å². The van der Waals surface area contributed by atoms with Gasteiger partial charge in [0.2, 0.25) is 5.91 Å². The summed E-state index contributed by atoms with van der Waals surface area (Å²) in [6, 6.07) is 5.45. The predicted octanol–water partition coefficient (Wildman–Crippen LogP) is 5.62. The van der Waals surface area contributed by atoms with E-state index in [0.29, 0.717) is 23.5 Å². The first-order chi connectivity index (χ1) is 23.7. The number of carbonyl (C=O) groups is 2. The molecule has 6 rings (SSSR count). The van der Waals surface area contributed by atoms with Crippen molar-refractivity contribution in [1.29, 1.82) is 0 Å². The molecular formula is C37H39ClF2N6O4. The number of phenols is 1. The fraction of sp³-hybridized carbons (Fsp3) is 0.351. The van der Waals surface area contributed by atoms with E-state index in [9.17, 15) is 14.7 Å². The monoisotopic (exact) mass is 704 g/mol. The van der Waals surface area contributed by atoms with Gasteiger partial charge in [-0.3, -0.25) is 23.9 Å². The Labute approximate surface area is 293 Å². The zero-order chi connectivity index (χ0) is 36.3. The molecule has 0 unspecified atom stereocenters. The molecule has 4 aromatic rings. The molecule has 10 nitrogen and oxygen atoms in total. The highest BCUT2D eigenvalue weighted by Crippen LogP contribution is 2.48. The molecule has 0 saturated carbocycles. The third-order valence-corrected chi connectivity index (χ3v) is 9.84. The van der Waals surface area contributed by atoms with Gasteiger partial charge in [-0.1, -0.05) is 38.1 Å². The molecule has 0 spiro atoms. The van der Waals surface area contributed by atoms with Crippen molar-refractivity contribution in [3.8, 4) is 22.6 Å². The number of carbonyl (C=O) groups excluding carboxylic acids is 2. The Morgan fingerprint density at radius 3 is 2.50 bits per heavy atom. The fourth-order valence-electron chi connectivity index (χ4n) is 7.14. The number of aryl methyl sites for hydroxylation is 1. The first-order valence-electron chi connectivity index (χ1n) is 16.4. The minimum absolute atomic E-state index is 0.00391. The summed E-state index contributed by atoms with van der Waals surface area (Å²) in [4.78, 5) is 53.8. The molecule has 2 aromatic heterocycles. The van der Waals surface area contributed by atoms with Crippen molar-refractivity contribution in [3.05, 3.63) is 87.5 Å². The number of aromatic nitrogens is 2. The topological polar surface area (TPSA) is 102 Å². The van der Waals surface area contributed by atoms with Crippen LogP contribution >= 0.6 is 11.6 Å². The van der Waals surface area contributed by atoms with Gasteiger partial charge in [0.15, 0.2) is 5.82 Å². The average Bonchev–Trinajstić information content (AvgIpc) is 3.05. The normalized spacial score (nSPS) is 17.5. The molecule has 1 fully saturated rings. The summed E-state index contributed by atoms with van der Waals surface area (Å²) in [7, 11) is 3.69. The van der Waals surface area contributed by atoms with Crippen molar-refractivity contribution in [1.82, 2.24) is 19.4 Å². The van der Waals surface area contributed by atoms with E-state index in [1.807, 2.05) is 39.8 Å². The molecule has 4 heterocycles. The van der Waals surface area contributed by atoms with Crippen LogP contribution in [0, 0.1) is 18.6 Å². The highest BCUT2D eigenvalue weighted by Gasteiger charge is 2.47. The molecule has 0 radical (unpaired) electrons. The predicted molar refractivity (Wildman–Crippen MR) is 192 cm³/mol. The molecule has 262 valence electrons. The number of aromatic hydroxyl groups is 1. The molecular weight excluding hydrogens is 666 g/mol. The summed E-state index contributed by atoms with van der Waals surface area (Å²) in [5.74, 6) is -3.41. The molecule has 50 heavy (non-hydrogen) atoms. The average molecular weight is 705 g/mol. The summed E-state index contributed by atoms with van der Waals surface area (Å²) < 4.78 is 34.2. The third-order valence-electron chi connectivity index (χ3n) is 9.54. The van der Waals surface area contributed by atoms with E-state index in [-0.39, 0.29) is 64.7 Å². The SMILES string of the molecule is C=CC(=O)N1C[C@@H]2C(=O)N(CCN(C)C)c3c(c4cc(Cl)c(-c5c(O)cccc5F)c(F)c4n(-c4c(C)ccnc4C(C)C)c3=O)N2C[C@H]1C. The zero-order valence-electron chi connectivity index (χ0n) is 28.8. The van der Waals surface area contributed by atoms with Gasteiger partial charge in [-0.25, -0.2) is 8.78 Å². The van der Waals surface area contributed by atoms with E-state index in [2.05, 4.69) is 11.6 Å². The smallest absolute Gasteiger partial charge is 0.281 e. The molecule has 2 aromatic carbocycles. The number of pyridine rings is 2. The Bertz CT molecular complexity index is 2110. The summed E-state index contributed by atoms with van der Waals surface area (Å²) in [5, 5.41) is 10.7. The first-order valence-corrected chi connectivity index (χ1v) is 16.8. The van der Waals surface area contributed by atoms with Gasteiger partial charge in [0.25, 0.3) is 11.5 Å². The molecule has 2 aliphatic heterocycles. The third kappa shape index (κ3) is 5.50. The standard InChI is InChI=1S/C37H39ClF2N6O4/c1-8-27(48)44-18-25-36(49)43(15-14-42(6)7)35-34(45(25)17-21(44)5)22-16-23(38)28(29-24(39)10-9-11-26(29)47)30(40)33(22)46(37(35)50)32-20(4)12-13-41-31(32)19(2)3/h8-13,16,19,21,25,47H,1,14-15,17-18H2,2-7H3/t21-,25-/m1/s1. The Morgan fingerprint density at radius 2 is 1.86 bits per heavy atom. The van der Waals surface area contributed by atoms with Crippen LogP contribution in [0.3, 0.4) is 0 Å². The van der Waals surface area contributed by atoms with E-state index in [0.717, 1.165) is 6.07 Å². The molecule has 1 saturated heterocycles. The number of fused-ring (bicyclic) bond motifs is 5. The number of piperazine rings is 1. The lowest BCUT2D eigenvalue weighted by atomic mass is 9.94. The van der Waals surface area contributed by atoms with Crippen molar-refractivity contribution in [2.24, 2.45) is 0 Å². The minimum Gasteiger partial charge on any atom is -0.507 e. The fourth-order valence-corrected chi connectivity index (χ4v) is 7.42.